The topological polar surface area (TPSA) is 156 Å². The van der Waals surface area contributed by atoms with Crippen molar-refractivity contribution in [2.24, 2.45) is 5.14 Å². The summed E-state index contributed by atoms with van der Waals surface area (Å²) in [4.78, 5) is 13.6. The summed E-state index contributed by atoms with van der Waals surface area (Å²) >= 11 is 3.73. The van der Waals surface area contributed by atoms with Crippen LogP contribution in [0.15, 0.2) is 47.2 Å². The average Bonchev–Trinajstić information content (AvgIpc) is 3.51. The molecule has 17 heteroatoms. The van der Waals surface area contributed by atoms with E-state index in [0.29, 0.717) is 29.2 Å². The van der Waals surface area contributed by atoms with Crippen molar-refractivity contribution in [1.82, 2.24) is 14.8 Å². The van der Waals surface area contributed by atoms with Crippen molar-refractivity contribution in [3.8, 4) is 22.9 Å². The Bertz CT molecular complexity index is 1700. The van der Waals surface area contributed by atoms with Crippen LogP contribution in [0.25, 0.3) is 21.5 Å². The average molecular weight is 696 g/mol. The number of nitrogens with zero attached hydrogens (tertiary/aromatic N) is 3. The van der Waals surface area contributed by atoms with E-state index < -0.39 is 28.2 Å². The van der Waals surface area contributed by atoms with Crippen molar-refractivity contribution in [2.75, 3.05) is 26.1 Å². The van der Waals surface area contributed by atoms with Crippen molar-refractivity contribution in [3.63, 3.8) is 0 Å². The number of fused-ring (bicyclic) bond motifs is 1. The maximum absolute atomic E-state index is 15.3. The lowest BCUT2D eigenvalue weighted by molar-refractivity contribution is 0.0495. The lowest BCUT2D eigenvalue weighted by Crippen LogP contribution is -2.18. The summed E-state index contributed by atoms with van der Waals surface area (Å²) < 4.78 is 82.7. The van der Waals surface area contributed by atoms with Gasteiger partial charge in [0.05, 0.1) is 37.3 Å². The van der Waals surface area contributed by atoms with Gasteiger partial charge in [0.2, 0.25) is 10.0 Å². The molecule has 0 saturated carbocycles. The van der Waals surface area contributed by atoms with Gasteiger partial charge < -0.3 is 18.9 Å². The molecule has 2 aromatic heterocycles. The summed E-state index contributed by atoms with van der Waals surface area (Å²) in [5.41, 5.74) is -2.88. The van der Waals surface area contributed by atoms with Gasteiger partial charge in [-0.1, -0.05) is 12.1 Å². The number of alkyl halides is 2. The first-order chi connectivity index (χ1) is 19.3. The second-order valence-corrected chi connectivity index (χ2v) is 14.2. The molecular formula is C24H26BrF2N4O7PS2. The highest BCUT2D eigenvalue weighted by Gasteiger charge is 2.55. The van der Waals surface area contributed by atoms with E-state index in [1.165, 1.54) is 19.3 Å². The fourth-order valence-electron chi connectivity index (χ4n) is 3.82. The van der Waals surface area contributed by atoms with Crippen molar-refractivity contribution >= 4 is 55.0 Å². The largest absolute Gasteiger partial charge is 0.497 e. The Morgan fingerprint density at radius 3 is 2.59 bits per heavy atom. The fourth-order valence-corrected chi connectivity index (χ4v) is 7.81. The first kappa shape index (κ1) is 31.5. The van der Waals surface area contributed by atoms with E-state index in [4.69, 9.17) is 14.6 Å². The Balaban J connectivity index is 1.74. The Kier molecular flexibility index (Phi) is 9.53. The van der Waals surface area contributed by atoms with Gasteiger partial charge in [-0.05, 0) is 59.1 Å². The molecule has 0 amide bonds. The van der Waals surface area contributed by atoms with Gasteiger partial charge in [-0.25, -0.2) is 23.2 Å². The second kappa shape index (κ2) is 12.4. The fraction of sp³-hybridized carbons (Fsp3) is 0.333. The van der Waals surface area contributed by atoms with Gasteiger partial charge in [0.25, 0.3) is 0 Å². The molecule has 0 bridgehead atoms. The summed E-state index contributed by atoms with van der Waals surface area (Å²) in [5, 5.41) is 9.81. The van der Waals surface area contributed by atoms with Crippen molar-refractivity contribution in [2.45, 2.75) is 25.6 Å². The summed E-state index contributed by atoms with van der Waals surface area (Å²) in [6, 6.07) is 10.5. The summed E-state index contributed by atoms with van der Waals surface area (Å²) in [5.74, 6) is 0.772. The van der Waals surface area contributed by atoms with Gasteiger partial charge in [-0.3, -0.25) is 4.57 Å². The molecule has 1 unspecified atom stereocenters. The number of thiophene rings is 1. The molecule has 41 heavy (non-hydrogen) atoms. The number of nitrogens with two attached hydrogens (primary N) is 1. The molecule has 2 heterocycles. The standard InChI is InChI=1S/C24H26BrF2N4O7PS2/c1-3-38-39(32,33)24(26,27)22-20(25)18-11-16(12-19(21(18)40-22)37-9-4-10-41(28,34)35)23-29-14-31(30-23)13-15-5-7-17(36-2)8-6-15/h5-8,11-12,14H,3-4,9-10,13H2,1-2H3,(H,32,33)(H2,28,34,35). The van der Waals surface area contributed by atoms with Crippen LogP contribution in [0.1, 0.15) is 23.8 Å². The van der Waals surface area contributed by atoms with E-state index in [1.54, 1.807) is 17.9 Å². The van der Waals surface area contributed by atoms with Crippen LogP contribution < -0.4 is 14.6 Å². The molecule has 0 aliphatic heterocycles. The zero-order valence-corrected chi connectivity index (χ0v) is 25.9. The molecule has 0 spiro atoms. The molecule has 222 valence electrons. The third-order valence-electron chi connectivity index (χ3n) is 5.76. The monoisotopic (exact) mass is 694 g/mol. The molecule has 2 aromatic carbocycles. The third kappa shape index (κ3) is 7.13. The molecule has 11 nitrogen and oxygen atoms in total. The molecule has 0 saturated heterocycles. The molecule has 0 aliphatic rings. The van der Waals surface area contributed by atoms with Gasteiger partial charge >= 0.3 is 13.3 Å². The number of primary sulfonamides is 1. The highest BCUT2D eigenvalue weighted by atomic mass is 79.9. The molecule has 0 radical (unpaired) electrons. The molecule has 0 aliphatic carbocycles. The molecule has 0 fully saturated rings. The molecular weight excluding hydrogens is 669 g/mol. The predicted molar refractivity (Wildman–Crippen MR) is 154 cm³/mol. The Labute approximate surface area is 247 Å². The van der Waals surface area contributed by atoms with Crippen LogP contribution in [0.5, 0.6) is 11.5 Å². The van der Waals surface area contributed by atoms with Crippen LogP contribution in [0, 0.1) is 0 Å². The zero-order valence-electron chi connectivity index (χ0n) is 21.8. The van der Waals surface area contributed by atoms with Crippen LogP contribution in [0.2, 0.25) is 0 Å². The number of sulfonamides is 1. The highest BCUT2D eigenvalue weighted by molar-refractivity contribution is 9.10. The second-order valence-electron chi connectivity index (χ2n) is 8.76. The SMILES string of the molecule is CCOP(=O)(O)C(F)(F)c1sc2c(OCCCS(N)(=O)=O)cc(-c3ncn(Cc4ccc(OC)cc4)n3)cc2c1Br. The van der Waals surface area contributed by atoms with Crippen LogP contribution >= 0.6 is 34.9 Å². The van der Waals surface area contributed by atoms with E-state index >= 15 is 8.78 Å². The summed E-state index contributed by atoms with van der Waals surface area (Å²) in [6.45, 7) is 1.25. The number of ether oxygens (including phenoxy) is 2. The van der Waals surface area contributed by atoms with E-state index in [-0.39, 0.29) is 51.5 Å². The van der Waals surface area contributed by atoms with Crippen LogP contribution in [0.4, 0.5) is 8.78 Å². The van der Waals surface area contributed by atoms with E-state index in [0.717, 1.165) is 5.56 Å². The quantitative estimate of drug-likeness (QED) is 0.140. The number of rotatable bonds is 13. The lowest BCUT2D eigenvalue weighted by Gasteiger charge is -2.20. The van der Waals surface area contributed by atoms with Gasteiger partial charge in [0.15, 0.2) is 5.82 Å². The Hall–Kier alpha value is -2.46. The van der Waals surface area contributed by atoms with Crippen LogP contribution in [0.3, 0.4) is 0 Å². The third-order valence-corrected chi connectivity index (χ3v) is 10.7. The first-order valence-electron chi connectivity index (χ1n) is 12.0. The smallest absolute Gasteiger partial charge is 0.402 e. The maximum Gasteiger partial charge on any atom is 0.402 e. The number of aromatic nitrogens is 3. The van der Waals surface area contributed by atoms with E-state index in [1.807, 2.05) is 24.3 Å². The zero-order chi connectivity index (χ0) is 30.0. The summed E-state index contributed by atoms with van der Waals surface area (Å²) in [7, 11) is -7.53. The normalized spacial score (nSPS) is 13.8. The number of methoxy groups -OCH3 is 1. The number of halogens is 3. The number of hydrogen-bond donors (Lipinski definition) is 2. The van der Waals surface area contributed by atoms with Crippen molar-refractivity contribution < 1.29 is 40.7 Å². The van der Waals surface area contributed by atoms with Gasteiger partial charge in [-0.15, -0.1) is 11.3 Å². The number of benzene rings is 2. The minimum atomic E-state index is -5.37. The van der Waals surface area contributed by atoms with Gasteiger partial charge in [-0.2, -0.15) is 13.9 Å². The maximum atomic E-state index is 15.3. The first-order valence-corrected chi connectivity index (χ1v) is 16.9. The van der Waals surface area contributed by atoms with Crippen LogP contribution in [-0.4, -0.2) is 54.2 Å². The van der Waals surface area contributed by atoms with Gasteiger partial charge in [0.1, 0.15) is 22.7 Å². The van der Waals surface area contributed by atoms with E-state index in [9.17, 15) is 17.9 Å². The summed E-state index contributed by atoms with van der Waals surface area (Å²) in [6.07, 6.45) is 1.56. The van der Waals surface area contributed by atoms with Crippen molar-refractivity contribution in [3.05, 3.63) is 57.6 Å². The Morgan fingerprint density at radius 2 is 1.95 bits per heavy atom. The highest BCUT2D eigenvalue weighted by Crippen LogP contribution is 2.66. The molecule has 4 aromatic rings. The van der Waals surface area contributed by atoms with Crippen LogP contribution in [-0.2, 0) is 31.3 Å². The molecule has 3 N–H and O–H groups in total. The minimum absolute atomic E-state index is 0.0467. The van der Waals surface area contributed by atoms with Crippen molar-refractivity contribution in [1.29, 1.82) is 0 Å². The minimum Gasteiger partial charge on any atom is -0.497 e. The van der Waals surface area contributed by atoms with E-state index in [2.05, 4.69) is 30.5 Å². The predicted octanol–water partition coefficient (Wildman–Crippen LogP) is 5.31. The lowest BCUT2D eigenvalue weighted by atomic mass is 10.1. The Morgan fingerprint density at radius 1 is 1.24 bits per heavy atom. The molecule has 4 rings (SSSR count). The number of hydrogen-bond acceptors (Lipinski definition) is 9. The molecule has 1 atom stereocenters. The van der Waals surface area contributed by atoms with Gasteiger partial charge in [0, 0.05) is 15.4 Å².